The third kappa shape index (κ3) is 3.90. The van der Waals surface area contributed by atoms with E-state index in [0.717, 1.165) is 0 Å². The Labute approximate surface area is 160 Å². The Kier molecular flexibility index (Phi) is 5.35. The van der Waals surface area contributed by atoms with E-state index in [1.54, 1.807) is 12.1 Å². The van der Waals surface area contributed by atoms with Gasteiger partial charge >= 0.3 is 11.8 Å². The number of hydrogen-bond acceptors (Lipinski definition) is 6. The van der Waals surface area contributed by atoms with Crippen LogP contribution >= 0.6 is 0 Å². The molecule has 0 atom stereocenters. The molecule has 0 radical (unpaired) electrons. The first-order valence-corrected chi connectivity index (χ1v) is 8.30. The molecule has 0 fully saturated rings. The molecule has 0 bridgehead atoms. The van der Waals surface area contributed by atoms with E-state index >= 15 is 0 Å². The van der Waals surface area contributed by atoms with Gasteiger partial charge in [0.25, 0.3) is 0 Å². The molecule has 0 aromatic heterocycles. The van der Waals surface area contributed by atoms with Crippen molar-refractivity contribution in [1.82, 2.24) is 10.6 Å². The Balaban J connectivity index is 2.52. The number of fused-ring (bicyclic) bond motifs is 1. The molecule has 1 aromatic carbocycles. The predicted octanol–water partition coefficient (Wildman–Crippen LogP) is -0.0848. The number of amides is 6. The molecule has 1 heterocycles. The number of anilines is 2. The molecule has 0 saturated heterocycles. The SMILES string of the molecule is CC1(C)C(=O)NC(=O)C(=O)Nc2ccccc2NC(=O)C(C)(C)C(=O)NC1=O. The summed E-state index contributed by atoms with van der Waals surface area (Å²) >= 11 is 0. The normalized spacial score (nSPS) is 20.1. The number of benzene rings is 1. The third-order valence-electron chi connectivity index (χ3n) is 4.35. The van der Waals surface area contributed by atoms with E-state index in [-0.39, 0.29) is 11.4 Å². The lowest BCUT2D eigenvalue weighted by Gasteiger charge is -2.27. The van der Waals surface area contributed by atoms with Gasteiger partial charge in [-0.25, -0.2) is 0 Å². The Morgan fingerprint density at radius 3 is 1.39 bits per heavy atom. The summed E-state index contributed by atoms with van der Waals surface area (Å²) < 4.78 is 0. The molecule has 2 rings (SSSR count). The van der Waals surface area contributed by atoms with Crippen LogP contribution in [0.5, 0.6) is 0 Å². The summed E-state index contributed by atoms with van der Waals surface area (Å²) in [6.07, 6.45) is 0. The summed E-state index contributed by atoms with van der Waals surface area (Å²) in [5.41, 5.74) is -3.32. The van der Waals surface area contributed by atoms with Crippen molar-refractivity contribution in [1.29, 1.82) is 0 Å². The predicted molar refractivity (Wildman–Crippen MR) is 97.6 cm³/mol. The Morgan fingerprint density at radius 2 is 0.893 bits per heavy atom. The summed E-state index contributed by atoms with van der Waals surface area (Å²) in [7, 11) is 0. The minimum Gasteiger partial charge on any atom is -0.323 e. The highest BCUT2D eigenvalue weighted by Crippen LogP contribution is 2.26. The third-order valence-corrected chi connectivity index (χ3v) is 4.35. The quantitative estimate of drug-likeness (QED) is 0.277. The molecular weight excluding hydrogens is 368 g/mol. The molecule has 10 nitrogen and oxygen atoms in total. The first-order chi connectivity index (χ1) is 12.9. The summed E-state index contributed by atoms with van der Waals surface area (Å²) in [5, 5.41) is 8.61. The van der Waals surface area contributed by atoms with E-state index in [1.165, 1.54) is 39.8 Å². The fraction of sp³-hybridized carbons (Fsp3) is 0.333. The van der Waals surface area contributed by atoms with Crippen molar-refractivity contribution in [3.05, 3.63) is 24.3 Å². The van der Waals surface area contributed by atoms with Gasteiger partial charge < -0.3 is 10.6 Å². The average molecular weight is 388 g/mol. The second-order valence-electron chi connectivity index (χ2n) is 7.27. The summed E-state index contributed by atoms with van der Waals surface area (Å²) in [6, 6.07) is 5.99. The van der Waals surface area contributed by atoms with E-state index in [4.69, 9.17) is 0 Å². The zero-order chi connectivity index (χ0) is 21.3. The Hall–Kier alpha value is -3.56. The zero-order valence-corrected chi connectivity index (χ0v) is 15.8. The van der Waals surface area contributed by atoms with E-state index in [9.17, 15) is 28.8 Å². The minimum atomic E-state index is -1.86. The summed E-state index contributed by atoms with van der Waals surface area (Å²) in [5.74, 6) is -6.26. The molecule has 0 spiro atoms. The lowest BCUT2D eigenvalue weighted by molar-refractivity contribution is -0.148. The van der Waals surface area contributed by atoms with Gasteiger partial charge in [-0.3, -0.25) is 39.4 Å². The largest absolute Gasteiger partial charge is 0.323 e. The second-order valence-corrected chi connectivity index (χ2v) is 7.27. The highest BCUT2D eigenvalue weighted by atomic mass is 16.2. The van der Waals surface area contributed by atoms with Crippen LogP contribution in [0.25, 0.3) is 0 Å². The fourth-order valence-corrected chi connectivity index (χ4v) is 2.10. The van der Waals surface area contributed by atoms with Crippen molar-refractivity contribution in [3.63, 3.8) is 0 Å². The summed E-state index contributed by atoms with van der Waals surface area (Å²) in [6.45, 7) is 4.94. The zero-order valence-electron chi connectivity index (χ0n) is 15.8. The maximum atomic E-state index is 12.6. The van der Waals surface area contributed by atoms with E-state index in [1.807, 2.05) is 10.6 Å². The first kappa shape index (κ1) is 20.7. The van der Waals surface area contributed by atoms with Crippen molar-refractivity contribution < 1.29 is 28.8 Å². The monoisotopic (exact) mass is 388 g/mol. The van der Waals surface area contributed by atoms with E-state index in [2.05, 4.69) is 10.6 Å². The van der Waals surface area contributed by atoms with Crippen LogP contribution in [0.1, 0.15) is 27.7 Å². The van der Waals surface area contributed by atoms with Gasteiger partial charge in [0.15, 0.2) is 0 Å². The summed E-state index contributed by atoms with van der Waals surface area (Å²) in [4.78, 5) is 73.9. The molecule has 1 aliphatic rings. The van der Waals surface area contributed by atoms with Crippen LogP contribution in [0.2, 0.25) is 0 Å². The highest BCUT2D eigenvalue weighted by Gasteiger charge is 2.43. The fourth-order valence-electron chi connectivity index (χ4n) is 2.10. The van der Waals surface area contributed by atoms with Gasteiger partial charge in [0.05, 0.1) is 11.4 Å². The topological polar surface area (TPSA) is 151 Å². The Morgan fingerprint density at radius 1 is 0.536 bits per heavy atom. The van der Waals surface area contributed by atoms with Crippen LogP contribution in [0, 0.1) is 10.8 Å². The van der Waals surface area contributed by atoms with Gasteiger partial charge in [-0.1, -0.05) is 12.1 Å². The van der Waals surface area contributed by atoms with Crippen LogP contribution in [-0.2, 0) is 28.8 Å². The number of carbonyl (C=O) groups excluding carboxylic acids is 6. The second kappa shape index (κ2) is 7.22. The molecule has 0 saturated carbocycles. The molecule has 1 aromatic rings. The van der Waals surface area contributed by atoms with Gasteiger partial charge in [0.2, 0.25) is 23.6 Å². The molecule has 6 amide bonds. The number of rotatable bonds is 0. The Bertz CT molecular complexity index is 903. The van der Waals surface area contributed by atoms with Crippen LogP contribution in [-0.4, -0.2) is 35.4 Å². The molecule has 0 aliphatic carbocycles. The smallest absolute Gasteiger partial charge is 0.316 e. The van der Waals surface area contributed by atoms with Gasteiger partial charge in [-0.15, -0.1) is 0 Å². The first-order valence-electron chi connectivity index (χ1n) is 8.30. The number of nitrogens with one attached hydrogen (secondary N) is 4. The van der Waals surface area contributed by atoms with Crippen LogP contribution in [0.4, 0.5) is 11.4 Å². The van der Waals surface area contributed by atoms with E-state index in [0.29, 0.717) is 0 Å². The van der Waals surface area contributed by atoms with Crippen molar-refractivity contribution in [3.8, 4) is 0 Å². The van der Waals surface area contributed by atoms with Gasteiger partial charge in [0, 0.05) is 0 Å². The van der Waals surface area contributed by atoms with Gasteiger partial charge in [-0.05, 0) is 39.8 Å². The number of carbonyl (C=O) groups is 6. The maximum Gasteiger partial charge on any atom is 0.316 e. The lowest BCUT2D eigenvalue weighted by Crippen LogP contribution is -2.55. The van der Waals surface area contributed by atoms with Gasteiger partial charge in [0.1, 0.15) is 10.8 Å². The van der Waals surface area contributed by atoms with Gasteiger partial charge in [-0.2, -0.15) is 0 Å². The molecular formula is C18H20N4O6. The van der Waals surface area contributed by atoms with Crippen LogP contribution in [0.3, 0.4) is 0 Å². The maximum absolute atomic E-state index is 12.6. The standard InChI is InChI=1S/C18H20N4O6/c1-17(2)13(25)20-10-8-6-5-7-9(10)19-11(23)12(24)21-14(26)18(3,4)16(28)22-15(17)27/h5-8H,1-4H3,(H,19,23)(H,20,25)(H,21,24,26)(H,22,27,28). The van der Waals surface area contributed by atoms with E-state index < -0.39 is 46.3 Å². The molecule has 0 unspecified atom stereocenters. The molecule has 1 aliphatic heterocycles. The van der Waals surface area contributed by atoms with Crippen molar-refractivity contribution in [2.45, 2.75) is 27.7 Å². The molecule has 148 valence electrons. The average Bonchev–Trinajstić information content (AvgIpc) is 2.61. The minimum absolute atomic E-state index is 0.0899. The number of imide groups is 2. The lowest BCUT2D eigenvalue weighted by atomic mass is 9.87. The van der Waals surface area contributed by atoms with Crippen molar-refractivity contribution in [2.24, 2.45) is 10.8 Å². The number of para-hydroxylation sites is 2. The van der Waals surface area contributed by atoms with Crippen LogP contribution < -0.4 is 21.3 Å². The van der Waals surface area contributed by atoms with Crippen molar-refractivity contribution in [2.75, 3.05) is 10.6 Å². The number of hydrogen-bond donors (Lipinski definition) is 4. The molecule has 10 heteroatoms. The van der Waals surface area contributed by atoms with Crippen molar-refractivity contribution >= 4 is 46.8 Å². The molecule has 28 heavy (non-hydrogen) atoms. The molecule has 4 N–H and O–H groups in total. The highest BCUT2D eigenvalue weighted by molar-refractivity contribution is 6.42. The van der Waals surface area contributed by atoms with Crippen LogP contribution in [0.15, 0.2) is 24.3 Å².